The van der Waals surface area contributed by atoms with Crippen LogP contribution in [0.4, 0.5) is 0 Å². The van der Waals surface area contributed by atoms with Crippen molar-refractivity contribution in [3.63, 3.8) is 0 Å². The molecule has 0 aromatic carbocycles. The van der Waals surface area contributed by atoms with Gasteiger partial charge in [0.05, 0.1) is 0 Å². The summed E-state index contributed by atoms with van der Waals surface area (Å²) >= 11 is 0. The molecule has 6 atom stereocenters. The fourth-order valence-corrected chi connectivity index (χ4v) is 12.0. The van der Waals surface area contributed by atoms with E-state index in [2.05, 4.69) is 62.3 Å². The molecule has 0 aliphatic heterocycles. The Morgan fingerprint density at radius 3 is 0.854 bits per heavy atom. The van der Waals surface area contributed by atoms with E-state index in [0.717, 1.165) is 19.3 Å². The molecular formula is C39H63N3O6. The average Bonchev–Trinajstić information content (AvgIpc) is 2.77. The number of aromatic nitrogens is 3. The molecule has 0 saturated heterocycles. The van der Waals surface area contributed by atoms with E-state index in [-0.39, 0.29) is 33.6 Å². The standard InChI is InChI=1S/C39H63N3O6/c1-25(43)13-37(10)19-28(16-34(4,5)22-37)40-31(46)41(29-17-35(6,7)23-38(11,20-29)14-26(2)44)33(48)42(32(40)47)30-18-36(8,9)24-39(12,21-30)15-27(3)45/h28-30H,13-24H2,1-12H3. The Kier molecular flexibility index (Phi) is 10.1. The number of Topliss-reactive ketones (excluding diaryl/α,β-unsaturated/α-hetero) is 3. The maximum absolute atomic E-state index is 14.9. The molecule has 0 N–H and O–H groups in total. The van der Waals surface area contributed by atoms with Crippen molar-refractivity contribution in [2.45, 2.75) is 178 Å². The zero-order valence-electron chi connectivity index (χ0n) is 32.0. The quantitative estimate of drug-likeness (QED) is 0.271. The van der Waals surface area contributed by atoms with E-state index in [1.54, 1.807) is 20.8 Å². The van der Waals surface area contributed by atoms with Crippen LogP contribution in [0.3, 0.4) is 0 Å². The second kappa shape index (κ2) is 12.6. The molecule has 1 aromatic rings. The Hall–Kier alpha value is -2.58. The summed E-state index contributed by atoms with van der Waals surface area (Å²) in [5.74, 6) is 0.228. The summed E-state index contributed by atoms with van der Waals surface area (Å²) in [7, 11) is 0. The lowest BCUT2D eigenvalue weighted by Gasteiger charge is -2.49. The monoisotopic (exact) mass is 669 g/mol. The van der Waals surface area contributed by atoms with Gasteiger partial charge in [-0.2, -0.15) is 0 Å². The molecule has 0 amide bonds. The molecule has 1 heterocycles. The minimum Gasteiger partial charge on any atom is -0.300 e. The largest absolute Gasteiger partial charge is 0.336 e. The second-order valence-electron chi connectivity index (χ2n) is 20.2. The number of hydrogen-bond donors (Lipinski definition) is 0. The number of rotatable bonds is 9. The van der Waals surface area contributed by atoms with Crippen molar-refractivity contribution in [3.05, 3.63) is 31.5 Å². The van der Waals surface area contributed by atoms with E-state index in [0.29, 0.717) is 57.8 Å². The van der Waals surface area contributed by atoms with Crippen LogP contribution in [-0.4, -0.2) is 31.1 Å². The molecule has 48 heavy (non-hydrogen) atoms. The highest BCUT2D eigenvalue weighted by atomic mass is 16.2. The third kappa shape index (κ3) is 8.40. The molecule has 3 fully saturated rings. The first-order valence-electron chi connectivity index (χ1n) is 18.2. The molecule has 3 aliphatic rings. The van der Waals surface area contributed by atoms with Crippen molar-refractivity contribution >= 4 is 17.3 Å². The van der Waals surface area contributed by atoms with Crippen LogP contribution in [0.5, 0.6) is 0 Å². The van der Waals surface area contributed by atoms with Gasteiger partial charge in [0.25, 0.3) is 0 Å². The van der Waals surface area contributed by atoms with Crippen LogP contribution in [0.15, 0.2) is 14.4 Å². The van der Waals surface area contributed by atoms with Crippen molar-refractivity contribution in [3.8, 4) is 0 Å². The van der Waals surface area contributed by atoms with Crippen LogP contribution in [0.2, 0.25) is 0 Å². The Morgan fingerprint density at radius 2 is 0.667 bits per heavy atom. The van der Waals surface area contributed by atoms with E-state index >= 15 is 0 Å². The predicted octanol–water partition coefficient (Wildman–Crippen LogP) is 7.38. The molecule has 3 aliphatic carbocycles. The highest BCUT2D eigenvalue weighted by Gasteiger charge is 2.48. The van der Waals surface area contributed by atoms with Gasteiger partial charge in [0, 0.05) is 37.4 Å². The molecule has 6 unspecified atom stereocenters. The van der Waals surface area contributed by atoms with Crippen LogP contribution >= 0.6 is 0 Å². The molecular weight excluding hydrogens is 606 g/mol. The van der Waals surface area contributed by atoms with Gasteiger partial charge in [-0.15, -0.1) is 0 Å². The first-order valence-corrected chi connectivity index (χ1v) is 18.2. The summed E-state index contributed by atoms with van der Waals surface area (Å²) in [5, 5.41) is 0. The highest BCUT2D eigenvalue weighted by Crippen LogP contribution is 2.54. The maximum atomic E-state index is 14.9. The van der Waals surface area contributed by atoms with Crippen molar-refractivity contribution in [1.82, 2.24) is 13.7 Å². The van der Waals surface area contributed by atoms with E-state index in [1.807, 2.05) is 0 Å². The number of ketones is 3. The molecule has 4 rings (SSSR count). The van der Waals surface area contributed by atoms with Gasteiger partial charge >= 0.3 is 17.1 Å². The lowest BCUT2D eigenvalue weighted by Crippen LogP contribution is -2.60. The van der Waals surface area contributed by atoms with Gasteiger partial charge in [0.2, 0.25) is 0 Å². The smallest absolute Gasteiger partial charge is 0.300 e. The molecule has 0 bridgehead atoms. The Labute approximate surface area is 287 Å². The van der Waals surface area contributed by atoms with Gasteiger partial charge in [0.15, 0.2) is 0 Å². The summed E-state index contributed by atoms with van der Waals surface area (Å²) in [6.45, 7) is 23.8. The van der Waals surface area contributed by atoms with E-state index in [1.165, 1.54) is 13.7 Å². The van der Waals surface area contributed by atoms with Crippen LogP contribution < -0.4 is 17.1 Å². The molecule has 1 aromatic heterocycles. The average molecular weight is 670 g/mol. The fourth-order valence-electron chi connectivity index (χ4n) is 12.0. The van der Waals surface area contributed by atoms with Crippen molar-refractivity contribution in [2.75, 3.05) is 0 Å². The fraction of sp³-hybridized carbons (Fsp3) is 0.846. The van der Waals surface area contributed by atoms with Crippen LogP contribution in [-0.2, 0) is 14.4 Å². The van der Waals surface area contributed by atoms with Crippen LogP contribution in [0.1, 0.15) is 178 Å². The second-order valence-corrected chi connectivity index (χ2v) is 20.2. The van der Waals surface area contributed by atoms with Crippen molar-refractivity contribution in [2.24, 2.45) is 32.5 Å². The third-order valence-electron chi connectivity index (χ3n) is 11.6. The minimum absolute atomic E-state index is 0.0760. The molecule has 9 heteroatoms. The summed E-state index contributed by atoms with van der Waals surface area (Å²) in [6.07, 6.45) is 6.62. The van der Waals surface area contributed by atoms with Crippen molar-refractivity contribution < 1.29 is 14.4 Å². The van der Waals surface area contributed by atoms with Gasteiger partial charge in [-0.25, -0.2) is 28.1 Å². The third-order valence-corrected chi connectivity index (χ3v) is 11.6. The van der Waals surface area contributed by atoms with Crippen molar-refractivity contribution in [1.29, 1.82) is 0 Å². The number of nitrogens with zero attached hydrogens (tertiary/aromatic N) is 3. The molecule has 270 valence electrons. The van der Waals surface area contributed by atoms with E-state index < -0.39 is 51.4 Å². The number of hydrogen-bond acceptors (Lipinski definition) is 6. The lowest BCUT2D eigenvalue weighted by molar-refractivity contribution is -0.121. The van der Waals surface area contributed by atoms with Crippen LogP contribution in [0.25, 0.3) is 0 Å². The van der Waals surface area contributed by atoms with E-state index in [4.69, 9.17) is 0 Å². The van der Waals surface area contributed by atoms with Gasteiger partial charge in [-0.3, -0.25) is 0 Å². The van der Waals surface area contributed by atoms with Gasteiger partial charge in [-0.1, -0.05) is 62.3 Å². The van der Waals surface area contributed by atoms with Gasteiger partial charge in [-0.05, 0) is 111 Å². The number of carbonyl (C=O) groups excluding carboxylic acids is 3. The SMILES string of the molecule is CC(=O)CC1(C)CC(n2c(=O)n(C3CC(C)(C)CC(C)(CC(C)=O)C3)c(=O)n(C3CC(C)(C)CC(C)(CC(C)=O)C3)c2=O)CC(C)(C)C1. The summed E-state index contributed by atoms with van der Waals surface area (Å²) in [5.41, 5.74) is -3.70. The topological polar surface area (TPSA) is 117 Å². The number of carbonyl (C=O) groups is 3. The molecule has 0 radical (unpaired) electrons. The molecule has 0 spiro atoms. The minimum atomic E-state index is -0.580. The van der Waals surface area contributed by atoms with Gasteiger partial charge in [0.1, 0.15) is 17.3 Å². The zero-order valence-corrected chi connectivity index (χ0v) is 32.0. The zero-order chi connectivity index (χ0) is 36.4. The first-order chi connectivity index (χ1) is 21.7. The molecule has 3 saturated carbocycles. The Bertz CT molecular complexity index is 1420. The van der Waals surface area contributed by atoms with Gasteiger partial charge < -0.3 is 14.4 Å². The maximum Gasteiger partial charge on any atom is 0.336 e. The lowest BCUT2D eigenvalue weighted by atomic mass is 9.61. The molecule has 9 nitrogen and oxygen atoms in total. The van der Waals surface area contributed by atoms with Crippen LogP contribution in [0, 0.1) is 32.5 Å². The Balaban J connectivity index is 2.01. The summed E-state index contributed by atoms with van der Waals surface area (Å²) in [4.78, 5) is 81.9. The Morgan fingerprint density at radius 1 is 0.458 bits per heavy atom. The summed E-state index contributed by atoms with van der Waals surface area (Å²) in [6, 6.07) is -1.47. The normalized spacial score (nSPS) is 34.4. The summed E-state index contributed by atoms with van der Waals surface area (Å²) < 4.78 is 4.11. The highest BCUT2D eigenvalue weighted by molar-refractivity contribution is 5.77. The first kappa shape index (κ1) is 38.2. The van der Waals surface area contributed by atoms with E-state index in [9.17, 15) is 28.8 Å². The predicted molar refractivity (Wildman–Crippen MR) is 189 cm³/mol.